The number of benzene rings is 1. The molecule has 1 unspecified atom stereocenters. The van der Waals surface area contributed by atoms with E-state index in [1.54, 1.807) is 23.1 Å². The molecule has 0 bridgehead atoms. The van der Waals surface area contributed by atoms with Crippen LogP contribution in [0.5, 0.6) is 0 Å². The van der Waals surface area contributed by atoms with Gasteiger partial charge in [-0.2, -0.15) is 4.98 Å². The third kappa shape index (κ3) is 4.99. The van der Waals surface area contributed by atoms with Crippen molar-refractivity contribution in [1.82, 2.24) is 24.9 Å². The minimum atomic E-state index is -0.000682. The Labute approximate surface area is 184 Å². The number of hydrogen-bond donors (Lipinski definition) is 0. The topological polar surface area (TPSA) is 69.6 Å². The summed E-state index contributed by atoms with van der Waals surface area (Å²) >= 11 is 3.36. The zero-order valence-corrected chi connectivity index (χ0v) is 19.0. The summed E-state index contributed by atoms with van der Waals surface area (Å²) in [6, 6.07) is 14.7. The molecule has 30 heavy (non-hydrogen) atoms. The fourth-order valence-electron chi connectivity index (χ4n) is 3.07. The summed E-state index contributed by atoms with van der Waals surface area (Å²) in [5.74, 6) is 2.59. The van der Waals surface area contributed by atoms with Crippen LogP contribution in [-0.2, 0) is 19.4 Å². The van der Waals surface area contributed by atoms with Crippen molar-refractivity contribution in [3.05, 3.63) is 75.8 Å². The SMILES string of the molecule is CC(C)c1noc(C(C)Sc2nnc(Cc3cccs3)n2CCc2ccccc2)n1. The molecular weight excluding hydrogens is 414 g/mol. The van der Waals surface area contributed by atoms with Crippen LogP contribution in [0.3, 0.4) is 0 Å². The van der Waals surface area contributed by atoms with E-state index in [0.717, 1.165) is 36.2 Å². The minimum Gasteiger partial charge on any atom is -0.338 e. The summed E-state index contributed by atoms with van der Waals surface area (Å²) in [5.41, 5.74) is 1.30. The average Bonchev–Trinajstić information content (AvgIpc) is 3.50. The van der Waals surface area contributed by atoms with Gasteiger partial charge in [0.15, 0.2) is 11.0 Å². The van der Waals surface area contributed by atoms with Crippen molar-refractivity contribution in [2.45, 2.75) is 56.5 Å². The van der Waals surface area contributed by atoms with Gasteiger partial charge in [-0.15, -0.1) is 21.5 Å². The molecule has 4 aromatic rings. The summed E-state index contributed by atoms with van der Waals surface area (Å²) in [7, 11) is 0. The van der Waals surface area contributed by atoms with Crippen molar-refractivity contribution in [2.24, 2.45) is 0 Å². The number of rotatable bonds is 9. The summed E-state index contributed by atoms with van der Waals surface area (Å²) in [5, 5.41) is 16.1. The molecule has 0 amide bonds. The maximum Gasteiger partial charge on any atom is 0.239 e. The lowest BCUT2D eigenvalue weighted by Crippen LogP contribution is -2.08. The molecule has 0 aliphatic heterocycles. The molecule has 4 rings (SSSR count). The van der Waals surface area contributed by atoms with E-state index in [1.165, 1.54) is 10.4 Å². The lowest BCUT2D eigenvalue weighted by Gasteiger charge is -2.11. The van der Waals surface area contributed by atoms with Crippen molar-refractivity contribution in [3.63, 3.8) is 0 Å². The van der Waals surface area contributed by atoms with Gasteiger partial charge in [-0.25, -0.2) is 0 Å². The predicted octanol–water partition coefficient (Wildman–Crippen LogP) is 5.53. The van der Waals surface area contributed by atoms with Crippen LogP contribution in [0.15, 0.2) is 57.5 Å². The Morgan fingerprint density at radius 3 is 2.60 bits per heavy atom. The summed E-state index contributed by atoms with van der Waals surface area (Å²) in [4.78, 5) is 5.83. The molecule has 8 heteroatoms. The van der Waals surface area contributed by atoms with Crippen molar-refractivity contribution in [3.8, 4) is 0 Å². The first-order chi connectivity index (χ1) is 14.6. The number of aromatic nitrogens is 5. The monoisotopic (exact) mass is 439 g/mol. The molecule has 6 nitrogen and oxygen atoms in total. The molecule has 0 saturated carbocycles. The molecule has 0 fully saturated rings. The van der Waals surface area contributed by atoms with Gasteiger partial charge in [-0.05, 0) is 30.4 Å². The molecule has 0 saturated heterocycles. The Balaban J connectivity index is 1.55. The van der Waals surface area contributed by atoms with Crippen molar-refractivity contribution >= 4 is 23.1 Å². The number of aryl methyl sites for hydroxylation is 1. The van der Waals surface area contributed by atoms with Gasteiger partial charge >= 0.3 is 0 Å². The van der Waals surface area contributed by atoms with Gasteiger partial charge in [0.25, 0.3) is 0 Å². The van der Waals surface area contributed by atoms with Crippen LogP contribution in [0.2, 0.25) is 0 Å². The number of thioether (sulfide) groups is 1. The highest BCUT2D eigenvalue weighted by atomic mass is 32.2. The fourth-order valence-corrected chi connectivity index (χ4v) is 4.70. The highest BCUT2D eigenvalue weighted by molar-refractivity contribution is 7.99. The fraction of sp³-hybridized carbons (Fsp3) is 0.364. The van der Waals surface area contributed by atoms with E-state index >= 15 is 0 Å². The lowest BCUT2D eigenvalue weighted by molar-refractivity contribution is 0.372. The average molecular weight is 440 g/mol. The quantitative estimate of drug-likeness (QED) is 0.319. The van der Waals surface area contributed by atoms with Gasteiger partial charge in [0, 0.05) is 23.8 Å². The smallest absolute Gasteiger partial charge is 0.239 e. The molecule has 0 spiro atoms. The van der Waals surface area contributed by atoms with E-state index in [4.69, 9.17) is 4.52 Å². The Bertz CT molecular complexity index is 1060. The van der Waals surface area contributed by atoms with Gasteiger partial charge < -0.3 is 9.09 Å². The van der Waals surface area contributed by atoms with Crippen molar-refractivity contribution in [2.75, 3.05) is 0 Å². The second kappa shape index (κ2) is 9.57. The first-order valence-corrected chi connectivity index (χ1v) is 11.8. The van der Waals surface area contributed by atoms with E-state index < -0.39 is 0 Å². The highest BCUT2D eigenvalue weighted by Gasteiger charge is 2.21. The van der Waals surface area contributed by atoms with Gasteiger partial charge in [0.1, 0.15) is 5.82 Å². The highest BCUT2D eigenvalue weighted by Crippen LogP contribution is 2.34. The van der Waals surface area contributed by atoms with E-state index in [-0.39, 0.29) is 11.2 Å². The first kappa shape index (κ1) is 20.8. The number of thiophene rings is 1. The van der Waals surface area contributed by atoms with Crippen LogP contribution in [0.4, 0.5) is 0 Å². The second-order valence-corrected chi connectivity index (χ2v) is 9.79. The van der Waals surface area contributed by atoms with Crippen LogP contribution >= 0.6 is 23.1 Å². The van der Waals surface area contributed by atoms with Gasteiger partial charge in [-0.1, -0.05) is 67.2 Å². The molecule has 1 atom stereocenters. The van der Waals surface area contributed by atoms with Crippen LogP contribution in [0, 0.1) is 0 Å². The van der Waals surface area contributed by atoms with Gasteiger partial charge in [0.2, 0.25) is 5.89 Å². The van der Waals surface area contributed by atoms with Crippen LogP contribution in [0.25, 0.3) is 0 Å². The molecule has 3 heterocycles. The first-order valence-electron chi connectivity index (χ1n) is 10.1. The van der Waals surface area contributed by atoms with E-state index in [0.29, 0.717) is 5.89 Å². The molecule has 0 aliphatic rings. The second-order valence-electron chi connectivity index (χ2n) is 7.45. The molecule has 0 aliphatic carbocycles. The lowest BCUT2D eigenvalue weighted by atomic mass is 10.1. The Kier molecular flexibility index (Phi) is 6.64. The molecule has 3 aromatic heterocycles. The maximum atomic E-state index is 5.48. The minimum absolute atomic E-state index is 0.000682. The van der Waals surface area contributed by atoms with Crippen LogP contribution in [-0.4, -0.2) is 24.9 Å². The Morgan fingerprint density at radius 2 is 1.90 bits per heavy atom. The van der Waals surface area contributed by atoms with Crippen LogP contribution < -0.4 is 0 Å². The summed E-state index contributed by atoms with van der Waals surface area (Å²) < 4.78 is 7.71. The number of hydrogen-bond acceptors (Lipinski definition) is 7. The zero-order valence-electron chi connectivity index (χ0n) is 17.4. The van der Waals surface area contributed by atoms with Crippen LogP contribution in [0.1, 0.15) is 59.9 Å². The zero-order chi connectivity index (χ0) is 20.9. The third-order valence-corrected chi connectivity index (χ3v) is 6.72. The van der Waals surface area contributed by atoms with E-state index in [2.05, 4.69) is 87.5 Å². The summed E-state index contributed by atoms with van der Waals surface area (Å²) in [6.45, 7) is 7.01. The standard InChI is InChI=1S/C22H25N5OS2/c1-15(2)20-23-21(28-26-20)16(3)30-22-25-24-19(14-18-10-7-13-29-18)27(22)12-11-17-8-5-4-6-9-17/h4-10,13,15-16H,11-12,14H2,1-3H3. The van der Waals surface area contributed by atoms with E-state index in [9.17, 15) is 0 Å². The third-order valence-electron chi connectivity index (χ3n) is 4.78. The van der Waals surface area contributed by atoms with Gasteiger partial charge in [0.05, 0.1) is 5.25 Å². The molecule has 156 valence electrons. The molecule has 1 aromatic carbocycles. The normalized spacial score (nSPS) is 12.5. The Morgan fingerprint density at radius 1 is 1.07 bits per heavy atom. The Hall–Kier alpha value is -2.45. The van der Waals surface area contributed by atoms with Gasteiger partial charge in [-0.3, -0.25) is 0 Å². The molecule has 0 radical (unpaired) electrons. The number of nitrogens with zero attached hydrogens (tertiary/aromatic N) is 5. The van der Waals surface area contributed by atoms with Crippen molar-refractivity contribution < 1.29 is 4.52 Å². The van der Waals surface area contributed by atoms with Crippen molar-refractivity contribution in [1.29, 1.82) is 0 Å². The molecular formula is C22H25N5OS2. The largest absolute Gasteiger partial charge is 0.338 e. The maximum absolute atomic E-state index is 5.48. The van der Waals surface area contributed by atoms with E-state index in [1.807, 2.05) is 6.07 Å². The molecule has 0 N–H and O–H groups in total. The predicted molar refractivity (Wildman–Crippen MR) is 120 cm³/mol. The summed E-state index contributed by atoms with van der Waals surface area (Å²) in [6.07, 6.45) is 1.71.